The van der Waals surface area contributed by atoms with Crippen LogP contribution in [0.25, 0.3) is 10.8 Å². The fourth-order valence-corrected chi connectivity index (χ4v) is 2.50. The molecule has 20 heavy (non-hydrogen) atoms. The quantitative estimate of drug-likeness (QED) is 0.707. The summed E-state index contributed by atoms with van der Waals surface area (Å²) in [7, 11) is 1.68. The van der Waals surface area contributed by atoms with Crippen molar-refractivity contribution in [3.05, 3.63) is 71.0 Å². The minimum absolute atomic E-state index is 0.756. The molecule has 0 aliphatic rings. The van der Waals surface area contributed by atoms with E-state index in [-0.39, 0.29) is 0 Å². The van der Waals surface area contributed by atoms with Gasteiger partial charge in [-0.2, -0.15) is 0 Å². The van der Waals surface area contributed by atoms with Gasteiger partial charge < -0.3 is 4.74 Å². The lowest BCUT2D eigenvalue weighted by atomic mass is 10.0. The third-order valence-corrected chi connectivity index (χ3v) is 3.63. The van der Waals surface area contributed by atoms with Gasteiger partial charge in [-0.15, -0.1) is 0 Å². The number of rotatable bonds is 3. The highest BCUT2D eigenvalue weighted by atomic mass is 35.5. The molecule has 2 aromatic carbocycles. The monoisotopic (exact) mass is 283 g/mol. The van der Waals surface area contributed by atoms with Crippen molar-refractivity contribution in [2.24, 2.45) is 0 Å². The van der Waals surface area contributed by atoms with Crippen LogP contribution in [0.1, 0.15) is 11.1 Å². The molecule has 1 aromatic heterocycles. The minimum Gasteiger partial charge on any atom is -0.496 e. The van der Waals surface area contributed by atoms with Gasteiger partial charge in [-0.3, -0.25) is 4.98 Å². The molecule has 3 rings (SSSR count). The zero-order valence-corrected chi connectivity index (χ0v) is 11.9. The van der Waals surface area contributed by atoms with Crippen LogP contribution in [0.5, 0.6) is 5.75 Å². The second kappa shape index (κ2) is 5.51. The van der Waals surface area contributed by atoms with E-state index in [1.807, 2.05) is 48.8 Å². The van der Waals surface area contributed by atoms with Crippen LogP contribution < -0.4 is 4.74 Å². The van der Waals surface area contributed by atoms with Gasteiger partial charge in [0.2, 0.25) is 0 Å². The lowest BCUT2D eigenvalue weighted by molar-refractivity contribution is 0.419. The first-order chi connectivity index (χ1) is 9.78. The Balaban J connectivity index is 2.05. The van der Waals surface area contributed by atoms with Crippen LogP contribution in [0, 0.1) is 0 Å². The molecule has 0 aliphatic carbocycles. The van der Waals surface area contributed by atoms with E-state index in [4.69, 9.17) is 16.3 Å². The molecule has 0 saturated heterocycles. The number of benzene rings is 2. The Morgan fingerprint density at radius 2 is 1.80 bits per heavy atom. The van der Waals surface area contributed by atoms with Gasteiger partial charge in [-0.05, 0) is 41.1 Å². The molecule has 0 bridgehead atoms. The van der Waals surface area contributed by atoms with Crippen molar-refractivity contribution in [3.63, 3.8) is 0 Å². The molecule has 100 valence electrons. The first-order valence-corrected chi connectivity index (χ1v) is 6.80. The standard InChI is InChI=1S/C17H14ClNO/c1-20-17-4-2-3-15-13(10-19-11-16(15)17)9-12-5-7-14(18)8-6-12/h2-8,10-11H,9H2,1H3. The third-order valence-electron chi connectivity index (χ3n) is 3.37. The van der Waals surface area contributed by atoms with E-state index in [0.717, 1.165) is 22.6 Å². The van der Waals surface area contributed by atoms with E-state index in [0.29, 0.717) is 0 Å². The van der Waals surface area contributed by atoms with E-state index in [1.165, 1.54) is 16.5 Å². The molecule has 2 nitrogen and oxygen atoms in total. The molecule has 0 spiro atoms. The molecule has 0 fully saturated rings. The van der Waals surface area contributed by atoms with Crippen molar-refractivity contribution in [1.82, 2.24) is 4.98 Å². The van der Waals surface area contributed by atoms with Gasteiger partial charge in [0.15, 0.2) is 0 Å². The number of aromatic nitrogens is 1. The van der Waals surface area contributed by atoms with Gasteiger partial charge in [-0.1, -0.05) is 35.9 Å². The van der Waals surface area contributed by atoms with E-state index in [2.05, 4.69) is 11.1 Å². The SMILES string of the molecule is COc1cccc2c(Cc3ccc(Cl)cc3)cncc12. The Morgan fingerprint density at radius 1 is 1.00 bits per heavy atom. The van der Waals surface area contributed by atoms with Crippen LogP contribution in [-0.2, 0) is 6.42 Å². The third kappa shape index (κ3) is 2.47. The maximum Gasteiger partial charge on any atom is 0.128 e. The Kier molecular flexibility index (Phi) is 3.57. The summed E-state index contributed by atoms with van der Waals surface area (Å²) in [6.07, 6.45) is 4.59. The first-order valence-electron chi connectivity index (χ1n) is 6.42. The van der Waals surface area contributed by atoms with Crippen LogP contribution in [0.2, 0.25) is 5.02 Å². The average Bonchev–Trinajstić information content (AvgIpc) is 2.49. The molecule has 0 unspecified atom stereocenters. The Morgan fingerprint density at radius 3 is 2.55 bits per heavy atom. The topological polar surface area (TPSA) is 22.1 Å². The Labute approximate surface area is 123 Å². The van der Waals surface area contributed by atoms with Gasteiger partial charge in [-0.25, -0.2) is 0 Å². The zero-order chi connectivity index (χ0) is 13.9. The zero-order valence-electron chi connectivity index (χ0n) is 11.1. The number of fused-ring (bicyclic) bond motifs is 1. The fraction of sp³-hybridized carbons (Fsp3) is 0.118. The predicted molar refractivity (Wildman–Crippen MR) is 82.6 cm³/mol. The molecule has 3 heteroatoms. The number of methoxy groups -OCH3 is 1. The lowest BCUT2D eigenvalue weighted by Crippen LogP contribution is -1.93. The molecule has 0 N–H and O–H groups in total. The van der Waals surface area contributed by atoms with Crippen LogP contribution in [0.15, 0.2) is 54.9 Å². The normalized spacial score (nSPS) is 10.7. The van der Waals surface area contributed by atoms with E-state index in [1.54, 1.807) is 7.11 Å². The highest BCUT2D eigenvalue weighted by Gasteiger charge is 2.06. The van der Waals surface area contributed by atoms with Crippen LogP contribution in [0.4, 0.5) is 0 Å². The molecular weight excluding hydrogens is 270 g/mol. The van der Waals surface area contributed by atoms with Gasteiger partial charge in [0, 0.05) is 22.8 Å². The largest absolute Gasteiger partial charge is 0.496 e. The number of hydrogen-bond donors (Lipinski definition) is 0. The highest BCUT2D eigenvalue weighted by molar-refractivity contribution is 6.30. The van der Waals surface area contributed by atoms with Crippen LogP contribution in [-0.4, -0.2) is 12.1 Å². The molecule has 0 saturated carbocycles. The van der Waals surface area contributed by atoms with E-state index >= 15 is 0 Å². The summed E-state index contributed by atoms with van der Waals surface area (Å²) in [6, 6.07) is 14.0. The summed E-state index contributed by atoms with van der Waals surface area (Å²) in [4.78, 5) is 4.33. The summed E-state index contributed by atoms with van der Waals surface area (Å²) >= 11 is 5.92. The highest BCUT2D eigenvalue weighted by Crippen LogP contribution is 2.28. The molecular formula is C17H14ClNO. The Hall–Kier alpha value is -2.06. The Bertz CT molecular complexity index is 738. The first kappa shape index (κ1) is 12.9. The fourth-order valence-electron chi connectivity index (χ4n) is 2.37. The van der Waals surface area contributed by atoms with Crippen LogP contribution >= 0.6 is 11.6 Å². The minimum atomic E-state index is 0.756. The maximum absolute atomic E-state index is 5.92. The van der Waals surface area contributed by atoms with E-state index in [9.17, 15) is 0 Å². The van der Waals surface area contributed by atoms with Crippen molar-refractivity contribution < 1.29 is 4.74 Å². The predicted octanol–water partition coefficient (Wildman–Crippen LogP) is 4.49. The number of halogens is 1. The van der Waals surface area contributed by atoms with Gasteiger partial charge in [0.25, 0.3) is 0 Å². The summed E-state index contributed by atoms with van der Waals surface area (Å²) in [6.45, 7) is 0. The van der Waals surface area contributed by atoms with Crippen molar-refractivity contribution in [3.8, 4) is 5.75 Å². The smallest absolute Gasteiger partial charge is 0.128 e. The van der Waals surface area contributed by atoms with Crippen molar-refractivity contribution in [2.75, 3.05) is 7.11 Å². The average molecular weight is 284 g/mol. The summed E-state index contributed by atoms with van der Waals surface area (Å²) in [5.41, 5.74) is 2.40. The molecule has 3 aromatic rings. The molecule has 1 heterocycles. The lowest BCUT2D eigenvalue weighted by Gasteiger charge is -2.09. The van der Waals surface area contributed by atoms with Crippen LogP contribution in [0.3, 0.4) is 0 Å². The molecule has 0 aliphatic heterocycles. The summed E-state index contributed by atoms with van der Waals surface area (Å²) in [5.74, 6) is 0.855. The second-order valence-corrected chi connectivity index (χ2v) is 5.09. The van der Waals surface area contributed by atoms with Crippen molar-refractivity contribution >= 4 is 22.4 Å². The second-order valence-electron chi connectivity index (χ2n) is 4.66. The molecule has 0 radical (unpaired) electrons. The van der Waals surface area contributed by atoms with Gasteiger partial charge in [0.1, 0.15) is 5.75 Å². The molecule has 0 atom stereocenters. The molecule has 0 amide bonds. The van der Waals surface area contributed by atoms with E-state index < -0.39 is 0 Å². The number of ether oxygens (including phenoxy) is 1. The number of hydrogen-bond acceptors (Lipinski definition) is 2. The summed E-state index contributed by atoms with van der Waals surface area (Å²) < 4.78 is 5.39. The van der Waals surface area contributed by atoms with Crippen molar-refractivity contribution in [1.29, 1.82) is 0 Å². The summed E-state index contributed by atoms with van der Waals surface area (Å²) in [5, 5.41) is 2.97. The number of nitrogens with zero attached hydrogens (tertiary/aromatic N) is 1. The van der Waals surface area contributed by atoms with Crippen molar-refractivity contribution in [2.45, 2.75) is 6.42 Å². The number of pyridine rings is 1. The maximum atomic E-state index is 5.92. The van der Waals surface area contributed by atoms with Gasteiger partial charge in [0.05, 0.1) is 7.11 Å². The van der Waals surface area contributed by atoms with Gasteiger partial charge >= 0.3 is 0 Å².